The molecule has 2 rings (SSSR count). The number of carbonyl (C=O) groups excluding carboxylic acids is 2. The second kappa shape index (κ2) is 9.38. The molecule has 2 aromatic rings. The maximum Gasteiger partial charge on any atom is 0.242 e. The fraction of sp³-hybridized carbons (Fsp3) is 0.300. The molecule has 0 heterocycles. The molecule has 26 heavy (non-hydrogen) atoms. The molecule has 2 amide bonds. The van der Waals surface area contributed by atoms with E-state index in [-0.39, 0.29) is 29.9 Å². The summed E-state index contributed by atoms with van der Waals surface area (Å²) in [7, 11) is 1.54. The molecule has 1 atom stereocenters. The molecule has 2 aromatic carbocycles. The topological polar surface area (TPSA) is 49.4 Å². The SMILES string of the molecule is CNC(=O)C(C)N(Cc1ccc(F)cc1)C(=O)CSc1ccc(C)cc1. The van der Waals surface area contributed by atoms with Crippen LogP contribution in [0, 0.1) is 12.7 Å². The highest BCUT2D eigenvalue weighted by Gasteiger charge is 2.25. The zero-order chi connectivity index (χ0) is 19.1. The van der Waals surface area contributed by atoms with Gasteiger partial charge in [0.2, 0.25) is 11.8 Å². The summed E-state index contributed by atoms with van der Waals surface area (Å²) in [5.41, 5.74) is 1.93. The predicted octanol–water partition coefficient (Wildman–Crippen LogP) is 3.39. The lowest BCUT2D eigenvalue weighted by Crippen LogP contribution is -2.47. The van der Waals surface area contributed by atoms with E-state index in [0.29, 0.717) is 0 Å². The van der Waals surface area contributed by atoms with Gasteiger partial charge in [-0.05, 0) is 43.7 Å². The molecule has 4 nitrogen and oxygen atoms in total. The summed E-state index contributed by atoms with van der Waals surface area (Å²) >= 11 is 1.43. The van der Waals surface area contributed by atoms with Crippen LogP contribution in [0.3, 0.4) is 0 Å². The van der Waals surface area contributed by atoms with Gasteiger partial charge in [-0.1, -0.05) is 29.8 Å². The minimum absolute atomic E-state index is 0.143. The molecular formula is C20H23FN2O2S. The van der Waals surface area contributed by atoms with Crippen molar-refractivity contribution in [2.75, 3.05) is 12.8 Å². The van der Waals surface area contributed by atoms with E-state index in [9.17, 15) is 14.0 Å². The van der Waals surface area contributed by atoms with Crippen molar-refractivity contribution in [2.24, 2.45) is 0 Å². The van der Waals surface area contributed by atoms with Crippen LogP contribution in [-0.2, 0) is 16.1 Å². The highest BCUT2D eigenvalue weighted by molar-refractivity contribution is 8.00. The van der Waals surface area contributed by atoms with Gasteiger partial charge in [0.25, 0.3) is 0 Å². The third-order valence-corrected chi connectivity index (χ3v) is 5.06. The van der Waals surface area contributed by atoms with Crippen molar-refractivity contribution in [2.45, 2.75) is 31.3 Å². The van der Waals surface area contributed by atoms with Crippen molar-refractivity contribution in [3.63, 3.8) is 0 Å². The summed E-state index contributed by atoms with van der Waals surface area (Å²) in [4.78, 5) is 27.3. The summed E-state index contributed by atoms with van der Waals surface area (Å²) in [6, 6.07) is 13.3. The smallest absolute Gasteiger partial charge is 0.242 e. The fourth-order valence-electron chi connectivity index (χ4n) is 2.44. The Labute approximate surface area is 157 Å². The first kappa shape index (κ1) is 20.0. The van der Waals surface area contributed by atoms with Gasteiger partial charge in [0.1, 0.15) is 11.9 Å². The van der Waals surface area contributed by atoms with Gasteiger partial charge in [0, 0.05) is 18.5 Å². The Balaban J connectivity index is 2.10. The van der Waals surface area contributed by atoms with Crippen LogP contribution < -0.4 is 5.32 Å². The molecule has 0 fully saturated rings. The zero-order valence-electron chi connectivity index (χ0n) is 15.2. The average Bonchev–Trinajstić information content (AvgIpc) is 2.65. The molecule has 138 valence electrons. The standard InChI is InChI=1S/C20H23FN2O2S/c1-14-4-10-18(11-5-14)26-13-19(24)23(15(2)20(25)22-3)12-16-6-8-17(21)9-7-16/h4-11,15H,12-13H2,1-3H3,(H,22,25). The van der Waals surface area contributed by atoms with Gasteiger partial charge in [-0.25, -0.2) is 4.39 Å². The number of rotatable bonds is 7. The number of carbonyl (C=O) groups is 2. The molecule has 0 radical (unpaired) electrons. The Morgan fingerprint density at radius 3 is 2.31 bits per heavy atom. The van der Waals surface area contributed by atoms with E-state index in [1.165, 1.54) is 28.8 Å². The number of aryl methyl sites for hydroxylation is 1. The minimum Gasteiger partial charge on any atom is -0.357 e. The van der Waals surface area contributed by atoms with E-state index in [1.807, 2.05) is 31.2 Å². The quantitative estimate of drug-likeness (QED) is 0.756. The molecule has 0 saturated carbocycles. The van der Waals surface area contributed by atoms with E-state index in [4.69, 9.17) is 0 Å². The summed E-state index contributed by atoms with van der Waals surface area (Å²) < 4.78 is 13.1. The van der Waals surface area contributed by atoms with Gasteiger partial charge in [-0.15, -0.1) is 11.8 Å². The number of nitrogens with zero attached hydrogens (tertiary/aromatic N) is 1. The van der Waals surface area contributed by atoms with E-state index >= 15 is 0 Å². The average molecular weight is 374 g/mol. The second-order valence-electron chi connectivity index (χ2n) is 6.04. The van der Waals surface area contributed by atoms with E-state index in [1.54, 1.807) is 26.1 Å². The Bertz CT molecular complexity index is 747. The molecule has 0 spiro atoms. The molecule has 0 aliphatic rings. The van der Waals surface area contributed by atoms with Gasteiger partial charge in [-0.2, -0.15) is 0 Å². The zero-order valence-corrected chi connectivity index (χ0v) is 16.0. The number of hydrogen-bond donors (Lipinski definition) is 1. The third kappa shape index (κ3) is 5.59. The highest BCUT2D eigenvalue weighted by atomic mass is 32.2. The van der Waals surface area contributed by atoms with Crippen LogP contribution >= 0.6 is 11.8 Å². The first-order chi connectivity index (χ1) is 12.4. The fourth-order valence-corrected chi connectivity index (χ4v) is 3.23. The second-order valence-corrected chi connectivity index (χ2v) is 7.09. The normalized spacial score (nSPS) is 11.7. The molecule has 0 aromatic heterocycles. The Morgan fingerprint density at radius 1 is 1.12 bits per heavy atom. The van der Waals surface area contributed by atoms with Crippen molar-refractivity contribution in [1.82, 2.24) is 10.2 Å². The highest BCUT2D eigenvalue weighted by Crippen LogP contribution is 2.20. The van der Waals surface area contributed by atoms with Crippen LogP contribution in [0.2, 0.25) is 0 Å². The Morgan fingerprint density at radius 2 is 1.73 bits per heavy atom. The summed E-state index contributed by atoms with van der Waals surface area (Å²) in [5, 5.41) is 2.58. The van der Waals surface area contributed by atoms with Gasteiger partial charge in [0.15, 0.2) is 0 Å². The van der Waals surface area contributed by atoms with Crippen molar-refractivity contribution >= 4 is 23.6 Å². The van der Waals surface area contributed by atoms with Crippen LogP contribution in [0.4, 0.5) is 4.39 Å². The third-order valence-electron chi connectivity index (χ3n) is 4.06. The van der Waals surface area contributed by atoms with Gasteiger partial charge < -0.3 is 10.2 Å². The maximum atomic E-state index is 13.1. The number of thioether (sulfide) groups is 1. The van der Waals surface area contributed by atoms with E-state index in [0.717, 1.165) is 16.0 Å². The molecule has 0 aliphatic carbocycles. The lowest BCUT2D eigenvalue weighted by molar-refractivity contribution is -0.138. The molecule has 0 bridgehead atoms. The summed E-state index contributed by atoms with van der Waals surface area (Å²) in [5.74, 6) is -0.483. The predicted molar refractivity (Wildman–Crippen MR) is 102 cm³/mol. The van der Waals surface area contributed by atoms with Gasteiger partial charge >= 0.3 is 0 Å². The summed E-state index contributed by atoms with van der Waals surface area (Å²) in [6.07, 6.45) is 0. The number of likely N-dealkylation sites (N-methyl/N-ethyl adjacent to an activating group) is 1. The maximum absolute atomic E-state index is 13.1. The first-order valence-electron chi connectivity index (χ1n) is 8.35. The van der Waals surface area contributed by atoms with Crippen molar-refractivity contribution in [3.8, 4) is 0 Å². The van der Waals surface area contributed by atoms with Crippen LogP contribution in [0.15, 0.2) is 53.4 Å². The molecule has 1 unspecified atom stereocenters. The largest absolute Gasteiger partial charge is 0.357 e. The molecule has 6 heteroatoms. The monoisotopic (exact) mass is 374 g/mol. The molecule has 0 saturated heterocycles. The summed E-state index contributed by atoms with van der Waals surface area (Å²) in [6.45, 7) is 3.95. The number of halogens is 1. The van der Waals surface area contributed by atoms with Crippen molar-refractivity contribution < 1.29 is 14.0 Å². The van der Waals surface area contributed by atoms with Crippen molar-refractivity contribution in [1.29, 1.82) is 0 Å². The van der Waals surface area contributed by atoms with Crippen LogP contribution in [-0.4, -0.2) is 35.6 Å². The van der Waals surface area contributed by atoms with E-state index < -0.39 is 6.04 Å². The molecule has 1 N–H and O–H groups in total. The number of amides is 2. The number of hydrogen-bond acceptors (Lipinski definition) is 3. The van der Waals surface area contributed by atoms with E-state index in [2.05, 4.69) is 5.32 Å². The van der Waals surface area contributed by atoms with Crippen LogP contribution in [0.25, 0.3) is 0 Å². The lowest BCUT2D eigenvalue weighted by Gasteiger charge is -2.28. The number of benzene rings is 2. The van der Waals surface area contributed by atoms with Gasteiger partial charge in [-0.3, -0.25) is 9.59 Å². The minimum atomic E-state index is -0.615. The number of nitrogens with one attached hydrogen (secondary N) is 1. The van der Waals surface area contributed by atoms with Crippen molar-refractivity contribution in [3.05, 3.63) is 65.5 Å². The van der Waals surface area contributed by atoms with Gasteiger partial charge in [0.05, 0.1) is 5.75 Å². The Kier molecular flexibility index (Phi) is 7.21. The van der Waals surface area contributed by atoms with Crippen LogP contribution in [0.5, 0.6) is 0 Å². The first-order valence-corrected chi connectivity index (χ1v) is 9.34. The van der Waals surface area contributed by atoms with Crippen LogP contribution in [0.1, 0.15) is 18.1 Å². The lowest BCUT2D eigenvalue weighted by atomic mass is 10.1. The Hall–Kier alpha value is -2.34. The molecular weight excluding hydrogens is 351 g/mol. The molecule has 0 aliphatic heterocycles.